The lowest BCUT2D eigenvalue weighted by Gasteiger charge is -2.36. The average Bonchev–Trinajstić information content (AvgIpc) is 2.88. The van der Waals surface area contributed by atoms with E-state index in [1.807, 2.05) is 47.4 Å². The number of nitrogens with zero attached hydrogens (tertiary/aromatic N) is 2. The molecule has 35 heavy (non-hydrogen) atoms. The summed E-state index contributed by atoms with van der Waals surface area (Å²) in [7, 11) is -3.72. The molecule has 0 bridgehead atoms. The van der Waals surface area contributed by atoms with Gasteiger partial charge in [-0.05, 0) is 42.1 Å². The fourth-order valence-electron chi connectivity index (χ4n) is 4.63. The highest BCUT2D eigenvalue weighted by Gasteiger charge is 2.21. The molecule has 0 radical (unpaired) electrons. The Morgan fingerprint density at radius 1 is 0.829 bits per heavy atom. The first kappa shape index (κ1) is 25.0. The highest BCUT2D eigenvalue weighted by molar-refractivity contribution is 7.93. The number of rotatable bonds is 10. The number of hydrogen-bond donors (Lipinski definition) is 1. The predicted octanol–water partition coefficient (Wildman–Crippen LogP) is 5.65. The maximum Gasteiger partial charge on any atom is 0.262 e. The molecule has 4 rings (SSSR count). The number of carbonyl (C=O) groups excluding carboxylic acids is 1. The van der Waals surface area contributed by atoms with Crippen LogP contribution in [0.5, 0.6) is 0 Å². The Balaban J connectivity index is 1.32. The summed E-state index contributed by atoms with van der Waals surface area (Å²) in [6.07, 6.45) is 6.44. The number of piperazine rings is 1. The van der Waals surface area contributed by atoms with Crippen molar-refractivity contribution in [3.05, 3.63) is 66.7 Å². The fourth-order valence-corrected chi connectivity index (χ4v) is 5.92. The zero-order chi connectivity index (χ0) is 24.7. The van der Waals surface area contributed by atoms with Crippen LogP contribution in [0, 0.1) is 0 Å². The molecule has 1 amide bonds. The molecular formula is C28H35N3O3S. The Kier molecular flexibility index (Phi) is 8.29. The van der Waals surface area contributed by atoms with Crippen molar-refractivity contribution in [1.29, 1.82) is 0 Å². The minimum atomic E-state index is -3.72. The van der Waals surface area contributed by atoms with Crippen molar-refractivity contribution in [2.75, 3.05) is 35.8 Å². The van der Waals surface area contributed by atoms with E-state index in [0.29, 0.717) is 17.5 Å². The Bertz CT molecular complexity index is 1230. The van der Waals surface area contributed by atoms with Gasteiger partial charge in [-0.3, -0.25) is 9.52 Å². The molecule has 0 unspecified atom stereocenters. The van der Waals surface area contributed by atoms with E-state index in [1.54, 1.807) is 24.3 Å². The van der Waals surface area contributed by atoms with Gasteiger partial charge in [-0.15, -0.1) is 0 Å². The van der Waals surface area contributed by atoms with Crippen LogP contribution in [-0.2, 0) is 14.8 Å². The molecule has 0 aliphatic carbocycles. The molecule has 1 N–H and O–H groups in total. The third-order valence-electron chi connectivity index (χ3n) is 6.65. The predicted molar refractivity (Wildman–Crippen MR) is 143 cm³/mol. The van der Waals surface area contributed by atoms with Crippen molar-refractivity contribution in [3.8, 4) is 0 Å². The lowest BCUT2D eigenvalue weighted by molar-refractivity contribution is -0.131. The molecule has 186 valence electrons. The van der Waals surface area contributed by atoms with E-state index >= 15 is 0 Å². The van der Waals surface area contributed by atoms with Crippen LogP contribution in [0.4, 0.5) is 11.4 Å². The Morgan fingerprint density at radius 3 is 2.26 bits per heavy atom. The SMILES string of the molecule is CCCCCCCC(=O)N1CCN(c2ccc(NS(=O)(=O)c3cccc4ccccc34)cc2)CC1. The second-order valence-corrected chi connectivity index (χ2v) is 10.8. The van der Waals surface area contributed by atoms with Gasteiger partial charge in [0.05, 0.1) is 4.90 Å². The number of carbonyl (C=O) groups is 1. The van der Waals surface area contributed by atoms with Crippen LogP contribution < -0.4 is 9.62 Å². The third-order valence-corrected chi connectivity index (χ3v) is 8.09. The molecule has 7 heteroatoms. The van der Waals surface area contributed by atoms with Crippen LogP contribution in [0.25, 0.3) is 10.8 Å². The molecule has 0 aromatic heterocycles. The van der Waals surface area contributed by atoms with Crippen LogP contribution in [0.15, 0.2) is 71.6 Å². The van der Waals surface area contributed by atoms with Crippen molar-refractivity contribution < 1.29 is 13.2 Å². The van der Waals surface area contributed by atoms with Gasteiger partial charge < -0.3 is 9.80 Å². The fraction of sp³-hybridized carbons (Fsp3) is 0.393. The van der Waals surface area contributed by atoms with Gasteiger partial charge >= 0.3 is 0 Å². The standard InChI is InChI=1S/C28H35N3O3S/c1-2-3-4-5-6-14-28(32)31-21-19-30(20-22-31)25-17-15-24(16-18-25)29-35(33,34)27-13-9-11-23-10-7-8-12-26(23)27/h7-13,15-18,29H,2-6,14,19-22H2,1H3. The van der Waals surface area contributed by atoms with Gasteiger partial charge in [0.25, 0.3) is 10.0 Å². The molecule has 1 aliphatic heterocycles. The van der Waals surface area contributed by atoms with E-state index in [2.05, 4.69) is 16.5 Å². The second kappa shape index (κ2) is 11.6. The van der Waals surface area contributed by atoms with E-state index in [4.69, 9.17) is 0 Å². The summed E-state index contributed by atoms with van der Waals surface area (Å²) < 4.78 is 28.9. The smallest absolute Gasteiger partial charge is 0.262 e. The maximum atomic E-state index is 13.1. The zero-order valence-corrected chi connectivity index (χ0v) is 21.3. The number of amides is 1. The molecular weight excluding hydrogens is 458 g/mol. The van der Waals surface area contributed by atoms with E-state index in [0.717, 1.165) is 50.1 Å². The molecule has 1 heterocycles. The highest BCUT2D eigenvalue weighted by Crippen LogP contribution is 2.26. The zero-order valence-electron chi connectivity index (χ0n) is 20.4. The number of benzene rings is 3. The number of nitrogens with one attached hydrogen (secondary N) is 1. The number of anilines is 2. The van der Waals surface area contributed by atoms with Gasteiger partial charge in [0.1, 0.15) is 0 Å². The molecule has 1 aliphatic rings. The second-order valence-electron chi connectivity index (χ2n) is 9.16. The Morgan fingerprint density at radius 2 is 1.51 bits per heavy atom. The average molecular weight is 494 g/mol. The monoisotopic (exact) mass is 493 g/mol. The number of hydrogen-bond acceptors (Lipinski definition) is 4. The van der Waals surface area contributed by atoms with E-state index in [1.165, 1.54) is 19.3 Å². The van der Waals surface area contributed by atoms with Crippen LogP contribution in [-0.4, -0.2) is 45.4 Å². The molecule has 3 aromatic carbocycles. The van der Waals surface area contributed by atoms with Gasteiger partial charge in [0.2, 0.25) is 5.91 Å². The molecule has 6 nitrogen and oxygen atoms in total. The summed E-state index contributed by atoms with van der Waals surface area (Å²) in [6.45, 7) is 5.21. The molecule has 0 saturated carbocycles. The summed E-state index contributed by atoms with van der Waals surface area (Å²) in [5.41, 5.74) is 1.56. The minimum absolute atomic E-state index is 0.263. The Hall–Kier alpha value is -3.06. The van der Waals surface area contributed by atoms with Crippen molar-refractivity contribution in [2.24, 2.45) is 0 Å². The summed E-state index contributed by atoms with van der Waals surface area (Å²) in [6, 6.07) is 20.2. The van der Waals surface area contributed by atoms with Crippen molar-refractivity contribution in [2.45, 2.75) is 50.3 Å². The summed E-state index contributed by atoms with van der Waals surface area (Å²) in [5.74, 6) is 0.263. The number of fused-ring (bicyclic) bond motifs is 1. The van der Waals surface area contributed by atoms with Crippen LogP contribution in [0.1, 0.15) is 45.4 Å². The van der Waals surface area contributed by atoms with E-state index < -0.39 is 10.0 Å². The van der Waals surface area contributed by atoms with Crippen LogP contribution in [0.3, 0.4) is 0 Å². The molecule has 0 atom stereocenters. The van der Waals surface area contributed by atoms with Crippen molar-refractivity contribution in [1.82, 2.24) is 4.90 Å². The summed E-state index contributed by atoms with van der Waals surface area (Å²) >= 11 is 0. The van der Waals surface area contributed by atoms with Crippen LogP contribution >= 0.6 is 0 Å². The number of unbranched alkanes of at least 4 members (excludes halogenated alkanes) is 4. The lowest BCUT2D eigenvalue weighted by atomic mass is 10.1. The summed E-state index contributed by atoms with van der Waals surface area (Å²) in [5, 5.41) is 1.59. The van der Waals surface area contributed by atoms with Gasteiger partial charge in [-0.25, -0.2) is 8.42 Å². The van der Waals surface area contributed by atoms with Crippen LogP contribution in [0.2, 0.25) is 0 Å². The molecule has 1 saturated heterocycles. The van der Waals surface area contributed by atoms with Crippen molar-refractivity contribution in [3.63, 3.8) is 0 Å². The van der Waals surface area contributed by atoms with Gasteiger partial charge in [-0.1, -0.05) is 69.0 Å². The highest BCUT2D eigenvalue weighted by atomic mass is 32.2. The quantitative estimate of drug-likeness (QED) is 0.371. The topological polar surface area (TPSA) is 69.7 Å². The van der Waals surface area contributed by atoms with Crippen molar-refractivity contribution >= 4 is 38.1 Å². The maximum absolute atomic E-state index is 13.1. The van der Waals surface area contributed by atoms with E-state index in [-0.39, 0.29) is 10.8 Å². The molecule has 1 fully saturated rings. The summed E-state index contributed by atoms with van der Waals surface area (Å²) in [4.78, 5) is 17.0. The minimum Gasteiger partial charge on any atom is -0.368 e. The molecule has 0 spiro atoms. The van der Waals surface area contributed by atoms with Gasteiger partial charge in [0, 0.05) is 49.4 Å². The first-order valence-corrected chi connectivity index (χ1v) is 14.1. The van der Waals surface area contributed by atoms with E-state index in [9.17, 15) is 13.2 Å². The lowest BCUT2D eigenvalue weighted by Crippen LogP contribution is -2.48. The Labute approximate surface area is 209 Å². The third kappa shape index (κ3) is 6.34. The normalized spacial score (nSPS) is 14.3. The first-order valence-electron chi connectivity index (χ1n) is 12.6. The first-order chi connectivity index (χ1) is 17.0. The largest absolute Gasteiger partial charge is 0.368 e. The number of sulfonamides is 1. The van der Waals surface area contributed by atoms with Gasteiger partial charge in [0.15, 0.2) is 0 Å². The van der Waals surface area contributed by atoms with Gasteiger partial charge in [-0.2, -0.15) is 0 Å². The molecule has 3 aromatic rings.